The lowest BCUT2D eigenvalue weighted by Crippen LogP contribution is -2.48. The molecule has 1 aromatic rings. The molecule has 0 unspecified atom stereocenters. The van der Waals surface area contributed by atoms with Crippen molar-refractivity contribution >= 4 is 21.9 Å². The van der Waals surface area contributed by atoms with E-state index in [0.29, 0.717) is 13.0 Å². The van der Waals surface area contributed by atoms with Gasteiger partial charge in [0.1, 0.15) is 0 Å². The molecule has 1 heterocycles. The molecule has 0 aliphatic carbocycles. The molecule has 1 fully saturated rings. The largest absolute Gasteiger partial charge is 0.479 e. The Bertz CT molecular complexity index is 701. The summed E-state index contributed by atoms with van der Waals surface area (Å²) in [5.74, 6) is -1.22. The molecule has 0 saturated carbocycles. The molecule has 2 N–H and O–H groups in total. The van der Waals surface area contributed by atoms with E-state index < -0.39 is 22.1 Å². The van der Waals surface area contributed by atoms with E-state index in [4.69, 9.17) is 9.84 Å². The fourth-order valence-electron chi connectivity index (χ4n) is 2.39. The molecule has 132 valence electrons. The predicted octanol–water partition coefficient (Wildman–Crippen LogP) is -0.161. The molecule has 0 spiro atoms. The summed E-state index contributed by atoms with van der Waals surface area (Å²) in [6.45, 7) is 0.634. The van der Waals surface area contributed by atoms with Crippen molar-refractivity contribution in [3.05, 3.63) is 29.8 Å². The van der Waals surface area contributed by atoms with Gasteiger partial charge < -0.3 is 14.7 Å². The van der Waals surface area contributed by atoms with Gasteiger partial charge >= 0.3 is 5.97 Å². The number of aryl methyl sites for hydroxylation is 1. The summed E-state index contributed by atoms with van der Waals surface area (Å²) < 4.78 is 30.6. The Balaban J connectivity index is 1.91. The molecule has 24 heavy (non-hydrogen) atoms. The summed E-state index contributed by atoms with van der Waals surface area (Å²) in [7, 11) is -2.13. The fourth-order valence-corrected chi connectivity index (χ4v) is 3.12. The van der Waals surface area contributed by atoms with Gasteiger partial charge in [-0.3, -0.25) is 4.79 Å². The van der Waals surface area contributed by atoms with Gasteiger partial charge in [-0.05, 0) is 31.2 Å². The van der Waals surface area contributed by atoms with Crippen LogP contribution in [0, 0.1) is 0 Å². The first-order chi connectivity index (χ1) is 11.3. The molecular weight excluding hydrogens is 336 g/mol. The standard InChI is InChI=1S/C15H20N2O6S/c1-16-24(21,22)12-5-2-11(3-6-12)4-7-14(18)17-8-9-23-13(10-17)15(19)20/h2-3,5-6,13,16H,4,7-10H2,1H3,(H,19,20)/t13-/m0/s1. The lowest BCUT2D eigenvalue weighted by atomic mass is 10.1. The number of sulfonamides is 1. The first kappa shape index (κ1) is 18.4. The molecule has 1 aromatic carbocycles. The second-order valence-corrected chi connectivity index (χ2v) is 7.28. The Morgan fingerprint density at radius 1 is 1.33 bits per heavy atom. The van der Waals surface area contributed by atoms with Crippen molar-refractivity contribution in [2.75, 3.05) is 26.7 Å². The van der Waals surface area contributed by atoms with Crippen molar-refractivity contribution < 1.29 is 27.9 Å². The van der Waals surface area contributed by atoms with E-state index in [2.05, 4.69) is 4.72 Å². The van der Waals surface area contributed by atoms with Crippen LogP contribution in [0.4, 0.5) is 0 Å². The van der Waals surface area contributed by atoms with E-state index in [1.165, 1.54) is 24.1 Å². The number of amides is 1. The Morgan fingerprint density at radius 3 is 2.58 bits per heavy atom. The van der Waals surface area contributed by atoms with Crippen LogP contribution in [-0.4, -0.2) is 63.1 Å². The molecule has 1 aliphatic rings. The van der Waals surface area contributed by atoms with E-state index in [-0.39, 0.29) is 30.4 Å². The van der Waals surface area contributed by atoms with Crippen molar-refractivity contribution in [2.24, 2.45) is 0 Å². The Hall–Kier alpha value is -1.97. The molecule has 0 radical (unpaired) electrons. The number of morpholine rings is 1. The van der Waals surface area contributed by atoms with Gasteiger partial charge in [-0.15, -0.1) is 0 Å². The maximum Gasteiger partial charge on any atom is 0.334 e. The third-order valence-corrected chi connectivity index (χ3v) is 5.25. The second-order valence-electron chi connectivity index (χ2n) is 5.39. The molecule has 1 aliphatic heterocycles. The molecular formula is C15H20N2O6S. The third kappa shape index (κ3) is 4.53. The van der Waals surface area contributed by atoms with Crippen molar-refractivity contribution in [1.82, 2.24) is 9.62 Å². The van der Waals surface area contributed by atoms with Crippen LogP contribution < -0.4 is 4.72 Å². The van der Waals surface area contributed by atoms with Gasteiger partial charge in [0.2, 0.25) is 15.9 Å². The van der Waals surface area contributed by atoms with Crippen LogP contribution in [0.2, 0.25) is 0 Å². The van der Waals surface area contributed by atoms with Gasteiger partial charge in [0.05, 0.1) is 18.0 Å². The Morgan fingerprint density at radius 2 is 2.00 bits per heavy atom. The van der Waals surface area contributed by atoms with Crippen molar-refractivity contribution in [3.63, 3.8) is 0 Å². The van der Waals surface area contributed by atoms with Crippen LogP contribution in [0.15, 0.2) is 29.2 Å². The number of nitrogens with zero attached hydrogens (tertiary/aromatic N) is 1. The molecule has 1 amide bonds. The fraction of sp³-hybridized carbons (Fsp3) is 0.467. The van der Waals surface area contributed by atoms with Crippen LogP contribution in [-0.2, 0) is 30.8 Å². The zero-order valence-electron chi connectivity index (χ0n) is 13.3. The molecule has 9 heteroatoms. The lowest BCUT2D eigenvalue weighted by molar-refractivity contribution is -0.159. The number of hydrogen-bond donors (Lipinski definition) is 2. The number of carboxylic acid groups (broad SMARTS) is 1. The zero-order valence-corrected chi connectivity index (χ0v) is 14.1. The molecule has 0 aromatic heterocycles. The van der Waals surface area contributed by atoms with Crippen molar-refractivity contribution in [1.29, 1.82) is 0 Å². The molecule has 1 atom stereocenters. The molecule has 8 nitrogen and oxygen atoms in total. The number of aliphatic carboxylic acids is 1. The van der Waals surface area contributed by atoms with Gasteiger partial charge in [0, 0.05) is 13.0 Å². The number of nitrogens with one attached hydrogen (secondary N) is 1. The first-order valence-corrected chi connectivity index (χ1v) is 8.96. The summed E-state index contributed by atoms with van der Waals surface area (Å²) >= 11 is 0. The number of carbonyl (C=O) groups is 2. The number of ether oxygens (including phenoxy) is 1. The maximum atomic E-state index is 12.2. The minimum absolute atomic E-state index is 0.0491. The highest BCUT2D eigenvalue weighted by molar-refractivity contribution is 7.89. The predicted molar refractivity (Wildman–Crippen MR) is 85.0 cm³/mol. The topological polar surface area (TPSA) is 113 Å². The molecule has 2 rings (SSSR count). The average Bonchev–Trinajstić information content (AvgIpc) is 2.60. The highest BCUT2D eigenvalue weighted by atomic mass is 32.2. The van der Waals surface area contributed by atoms with E-state index in [1.807, 2.05) is 0 Å². The van der Waals surface area contributed by atoms with Crippen LogP contribution >= 0.6 is 0 Å². The van der Waals surface area contributed by atoms with Gasteiger partial charge in [0.25, 0.3) is 0 Å². The van der Waals surface area contributed by atoms with E-state index in [0.717, 1.165) is 5.56 Å². The summed E-state index contributed by atoms with van der Waals surface area (Å²) in [5.41, 5.74) is 0.835. The number of hydrogen-bond acceptors (Lipinski definition) is 5. The first-order valence-electron chi connectivity index (χ1n) is 7.48. The van der Waals surface area contributed by atoms with Crippen molar-refractivity contribution in [2.45, 2.75) is 23.8 Å². The Kier molecular flexibility index (Phi) is 5.92. The lowest BCUT2D eigenvalue weighted by Gasteiger charge is -2.31. The van der Waals surface area contributed by atoms with Gasteiger partial charge in [-0.2, -0.15) is 0 Å². The number of carboxylic acids is 1. The summed E-state index contributed by atoms with van der Waals surface area (Å²) in [4.78, 5) is 24.8. The zero-order chi connectivity index (χ0) is 17.7. The summed E-state index contributed by atoms with van der Waals surface area (Å²) in [6.07, 6.45) is -0.299. The minimum atomic E-state index is -3.47. The second kappa shape index (κ2) is 7.73. The van der Waals surface area contributed by atoms with Gasteiger partial charge in [0.15, 0.2) is 6.10 Å². The quantitative estimate of drug-likeness (QED) is 0.732. The minimum Gasteiger partial charge on any atom is -0.479 e. The third-order valence-electron chi connectivity index (χ3n) is 3.82. The maximum absolute atomic E-state index is 12.2. The van der Waals surface area contributed by atoms with Crippen LogP contribution in [0.1, 0.15) is 12.0 Å². The van der Waals surface area contributed by atoms with E-state index >= 15 is 0 Å². The normalized spacial score (nSPS) is 18.4. The monoisotopic (exact) mass is 356 g/mol. The van der Waals surface area contributed by atoms with Crippen LogP contribution in [0.25, 0.3) is 0 Å². The SMILES string of the molecule is CNS(=O)(=O)c1ccc(CCC(=O)N2CCO[C@H](C(=O)O)C2)cc1. The molecule has 1 saturated heterocycles. The average molecular weight is 356 g/mol. The smallest absolute Gasteiger partial charge is 0.334 e. The summed E-state index contributed by atoms with van der Waals surface area (Å²) in [6, 6.07) is 6.30. The highest BCUT2D eigenvalue weighted by Gasteiger charge is 2.28. The van der Waals surface area contributed by atoms with Crippen molar-refractivity contribution in [3.8, 4) is 0 Å². The van der Waals surface area contributed by atoms with Crippen LogP contribution in [0.5, 0.6) is 0 Å². The highest BCUT2D eigenvalue weighted by Crippen LogP contribution is 2.13. The van der Waals surface area contributed by atoms with E-state index in [1.54, 1.807) is 12.1 Å². The van der Waals surface area contributed by atoms with Crippen LogP contribution in [0.3, 0.4) is 0 Å². The van der Waals surface area contributed by atoms with Gasteiger partial charge in [-0.25, -0.2) is 17.9 Å². The molecule has 0 bridgehead atoms. The van der Waals surface area contributed by atoms with Gasteiger partial charge in [-0.1, -0.05) is 12.1 Å². The Labute approximate surface area is 140 Å². The summed E-state index contributed by atoms with van der Waals surface area (Å²) in [5, 5.41) is 8.94. The number of benzene rings is 1. The van der Waals surface area contributed by atoms with E-state index in [9.17, 15) is 18.0 Å². The number of rotatable bonds is 6. The number of carbonyl (C=O) groups excluding carboxylic acids is 1.